The Morgan fingerprint density at radius 2 is 1.94 bits per heavy atom. The van der Waals surface area contributed by atoms with E-state index in [0.29, 0.717) is 16.5 Å². The summed E-state index contributed by atoms with van der Waals surface area (Å²) in [6.07, 6.45) is 5.94. The monoisotopic (exact) mass is 495 g/mol. The van der Waals surface area contributed by atoms with Crippen molar-refractivity contribution in [3.8, 4) is 11.1 Å². The maximum absolute atomic E-state index is 13.3. The minimum absolute atomic E-state index is 0.0730. The summed E-state index contributed by atoms with van der Waals surface area (Å²) in [6, 6.07) is 12.7. The van der Waals surface area contributed by atoms with Crippen molar-refractivity contribution in [2.24, 2.45) is 5.92 Å². The number of imidazole rings is 1. The van der Waals surface area contributed by atoms with Gasteiger partial charge in [0.05, 0.1) is 12.0 Å². The second kappa shape index (κ2) is 8.46. The van der Waals surface area contributed by atoms with E-state index in [4.69, 9.17) is 23.2 Å². The SMILES string of the molecule is O=C1C(Cc2c(Cl)cc(-c3ccc4sccc4c3)cc2Cl)CCN1C1CCc2nc[nH]c2C1. The largest absolute Gasteiger partial charge is 0.348 e. The zero-order valence-electron chi connectivity index (χ0n) is 18.0. The van der Waals surface area contributed by atoms with Crippen LogP contribution in [0.1, 0.15) is 29.8 Å². The highest BCUT2D eigenvalue weighted by Crippen LogP contribution is 2.37. The third-order valence-corrected chi connectivity index (χ3v) is 8.70. The molecule has 33 heavy (non-hydrogen) atoms. The number of benzene rings is 2. The van der Waals surface area contributed by atoms with Crippen molar-refractivity contribution in [2.45, 2.75) is 38.1 Å². The van der Waals surface area contributed by atoms with Crippen molar-refractivity contribution < 1.29 is 4.79 Å². The van der Waals surface area contributed by atoms with Gasteiger partial charge in [0, 0.05) is 45.4 Å². The third kappa shape index (κ3) is 3.86. The molecule has 0 spiro atoms. The molecule has 1 N–H and O–H groups in total. The van der Waals surface area contributed by atoms with E-state index in [1.807, 2.05) is 12.1 Å². The van der Waals surface area contributed by atoms with Crippen molar-refractivity contribution in [3.05, 3.63) is 75.1 Å². The fourth-order valence-corrected chi connectivity index (χ4v) is 6.73. The Morgan fingerprint density at radius 1 is 1.09 bits per heavy atom. The average molecular weight is 496 g/mol. The molecule has 6 rings (SSSR count). The van der Waals surface area contributed by atoms with Crippen LogP contribution in [0.2, 0.25) is 10.0 Å². The van der Waals surface area contributed by atoms with Gasteiger partial charge in [-0.3, -0.25) is 4.79 Å². The minimum atomic E-state index is -0.0730. The molecule has 4 aromatic rings. The lowest BCUT2D eigenvalue weighted by Crippen LogP contribution is -2.41. The molecule has 1 amide bonds. The topological polar surface area (TPSA) is 49.0 Å². The second-order valence-electron chi connectivity index (χ2n) is 9.04. The molecule has 168 valence electrons. The predicted octanol–water partition coefficient (Wildman–Crippen LogP) is 6.55. The second-order valence-corrected chi connectivity index (χ2v) is 10.8. The lowest BCUT2D eigenvalue weighted by molar-refractivity contribution is -0.133. The maximum atomic E-state index is 13.3. The first-order chi connectivity index (χ1) is 16.1. The van der Waals surface area contributed by atoms with Gasteiger partial charge in [-0.05, 0) is 83.5 Å². The van der Waals surface area contributed by atoms with Crippen LogP contribution in [0.3, 0.4) is 0 Å². The number of amides is 1. The maximum Gasteiger partial charge on any atom is 0.226 e. The number of halogens is 2. The van der Waals surface area contributed by atoms with E-state index in [0.717, 1.165) is 54.6 Å². The number of nitrogens with one attached hydrogen (secondary N) is 1. The first-order valence-corrected chi connectivity index (χ1v) is 13.0. The van der Waals surface area contributed by atoms with Gasteiger partial charge in [-0.2, -0.15) is 0 Å². The van der Waals surface area contributed by atoms with Crippen LogP contribution < -0.4 is 0 Å². The fourth-order valence-electron chi connectivity index (χ4n) is 5.32. The minimum Gasteiger partial charge on any atom is -0.348 e. The Kier molecular flexibility index (Phi) is 5.44. The van der Waals surface area contributed by atoms with E-state index in [-0.39, 0.29) is 17.9 Å². The molecule has 7 heteroatoms. The number of likely N-dealkylation sites (tertiary alicyclic amines) is 1. The smallest absolute Gasteiger partial charge is 0.226 e. The van der Waals surface area contributed by atoms with Gasteiger partial charge in [-0.15, -0.1) is 11.3 Å². The molecule has 0 bridgehead atoms. The van der Waals surface area contributed by atoms with Crippen molar-refractivity contribution in [2.75, 3.05) is 6.54 Å². The Morgan fingerprint density at radius 3 is 2.79 bits per heavy atom. The molecule has 3 heterocycles. The number of aryl methyl sites for hydroxylation is 1. The van der Waals surface area contributed by atoms with Gasteiger partial charge in [0.1, 0.15) is 0 Å². The summed E-state index contributed by atoms with van der Waals surface area (Å²) >= 11 is 15.2. The zero-order chi connectivity index (χ0) is 22.5. The van der Waals surface area contributed by atoms with E-state index in [1.54, 1.807) is 17.7 Å². The van der Waals surface area contributed by atoms with Gasteiger partial charge in [0.25, 0.3) is 0 Å². The number of thiophene rings is 1. The van der Waals surface area contributed by atoms with Crippen LogP contribution >= 0.6 is 34.5 Å². The number of aromatic nitrogens is 2. The summed E-state index contributed by atoms with van der Waals surface area (Å²) < 4.78 is 1.26. The molecule has 4 nitrogen and oxygen atoms in total. The standard InChI is InChI=1S/C26H23Cl2N3OS/c27-21-11-18(15-1-4-25-16(9-15)6-8-33-25)12-22(28)20(21)10-17-5-7-31(26(17)32)19-2-3-23-24(13-19)30-14-29-23/h1,4,6,8-9,11-12,14,17,19H,2-3,5,7,10,13H2,(H,29,30). The molecule has 0 saturated carbocycles. The van der Waals surface area contributed by atoms with Gasteiger partial charge in [0.2, 0.25) is 5.91 Å². The van der Waals surface area contributed by atoms with Gasteiger partial charge in [0.15, 0.2) is 0 Å². The summed E-state index contributed by atoms with van der Waals surface area (Å²) in [4.78, 5) is 23.0. The predicted molar refractivity (Wildman–Crippen MR) is 135 cm³/mol. The van der Waals surface area contributed by atoms with Crippen LogP contribution in [0.25, 0.3) is 21.2 Å². The Balaban J connectivity index is 1.20. The highest BCUT2D eigenvalue weighted by atomic mass is 35.5. The number of hydrogen-bond donors (Lipinski definition) is 1. The zero-order valence-corrected chi connectivity index (χ0v) is 20.3. The van der Waals surface area contributed by atoms with E-state index in [1.165, 1.54) is 15.8 Å². The number of carbonyl (C=O) groups excluding carboxylic acids is 1. The molecule has 1 aliphatic heterocycles. The first kappa shape index (κ1) is 21.2. The first-order valence-electron chi connectivity index (χ1n) is 11.3. The molecular weight excluding hydrogens is 473 g/mol. The van der Waals surface area contributed by atoms with Crippen LogP contribution in [-0.4, -0.2) is 33.4 Å². The highest BCUT2D eigenvalue weighted by Gasteiger charge is 2.38. The number of aromatic amines is 1. The third-order valence-electron chi connectivity index (χ3n) is 7.13. The summed E-state index contributed by atoms with van der Waals surface area (Å²) in [5, 5.41) is 4.58. The lowest BCUT2D eigenvalue weighted by Gasteiger charge is -2.31. The van der Waals surface area contributed by atoms with Gasteiger partial charge >= 0.3 is 0 Å². The van der Waals surface area contributed by atoms with Crippen LogP contribution in [0.4, 0.5) is 0 Å². The van der Waals surface area contributed by atoms with Crippen LogP contribution in [0.15, 0.2) is 48.1 Å². The lowest BCUT2D eigenvalue weighted by atomic mass is 9.94. The normalized spacial score (nSPS) is 20.5. The van der Waals surface area contributed by atoms with Gasteiger partial charge in [-0.25, -0.2) is 4.98 Å². The molecule has 2 aromatic carbocycles. The highest BCUT2D eigenvalue weighted by molar-refractivity contribution is 7.17. The summed E-state index contributed by atoms with van der Waals surface area (Å²) in [5.74, 6) is 0.151. The number of rotatable bonds is 4. The number of H-pyrrole nitrogens is 1. The Labute approximate surface area is 206 Å². The van der Waals surface area contributed by atoms with E-state index in [2.05, 4.69) is 44.5 Å². The van der Waals surface area contributed by atoms with E-state index in [9.17, 15) is 4.79 Å². The molecule has 2 atom stereocenters. The van der Waals surface area contributed by atoms with Crippen molar-refractivity contribution in [1.82, 2.24) is 14.9 Å². The van der Waals surface area contributed by atoms with Crippen LogP contribution in [-0.2, 0) is 24.1 Å². The molecule has 1 aliphatic carbocycles. The number of nitrogens with zero attached hydrogens (tertiary/aromatic N) is 2. The van der Waals surface area contributed by atoms with Crippen molar-refractivity contribution in [1.29, 1.82) is 0 Å². The quantitative estimate of drug-likeness (QED) is 0.349. The molecule has 2 aliphatic rings. The van der Waals surface area contributed by atoms with Crippen LogP contribution in [0, 0.1) is 5.92 Å². The van der Waals surface area contributed by atoms with Gasteiger partial charge < -0.3 is 9.88 Å². The molecule has 2 aromatic heterocycles. The number of hydrogen-bond acceptors (Lipinski definition) is 3. The van der Waals surface area contributed by atoms with Gasteiger partial charge in [-0.1, -0.05) is 29.3 Å². The summed E-state index contributed by atoms with van der Waals surface area (Å²) in [5.41, 5.74) is 5.28. The average Bonchev–Trinajstić information content (AvgIpc) is 3.55. The summed E-state index contributed by atoms with van der Waals surface area (Å²) in [7, 11) is 0. The molecule has 2 unspecified atom stereocenters. The Hall–Kier alpha value is -2.34. The van der Waals surface area contributed by atoms with E-state index >= 15 is 0 Å². The van der Waals surface area contributed by atoms with Crippen LogP contribution in [0.5, 0.6) is 0 Å². The molecule has 1 saturated heterocycles. The van der Waals surface area contributed by atoms with E-state index < -0.39 is 0 Å². The molecule has 1 fully saturated rings. The fraction of sp³-hybridized carbons (Fsp3) is 0.308. The van der Waals surface area contributed by atoms with Crippen molar-refractivity contribution >= 4 is 50.5 Å². The Bertz CT molecular complexity index is 1340. The molecular formula is C26H23Cl2N3OS. The number of carbonyl (C=O) groups is 1. The number of fused-ring (bicyclic) bond motifs is 2. The molecule has 0 radical (unpaired) electrons. The van der Waals surface area contributed by atoms with Crippen molar-refractivity contribution in [3.63, 3.8) is 0 Å². The summed E-state index contributed by atoms with van der Waals surface area (Å²) in [6.45, 7) is 0.797.